The summed E-state index contributed by atoms with van der Waals surface area (Å²) in [4.78, 5) is 24.4. The van der Waals surface area contributed by atoms with E-state index in [9.17, 15) is 9.59 Å². The van der Waals surface area contributed by atoms with Crippen molar-refractivity contribution in [3.63, 3.8) is 0 Å². The van der Waals surface area contributed by atoms with Crippen LogP contribution >= 0.6 is 0 Å². The average Bonchev–Trinajstić information content (AvgIpc) is 2.66. The third kappa shape index (κ3) is 5.62. The minimum absolute atomic E-state index is 0.0984. The number of hydrogen-bond acceptors (Lipinski definition) is 3. The number of methoxy groups -OCH3 is 1. The molecule has 3 N–H and O–H groups in total. The molecule has 0 unspecified atom stereocenters. The van der Waals surface area contributed by atoms with E-state index in [2.05, 4.69) is 22.9 Å². The SMILES string of the molecule is COc1ccc(CNC(=O)NC2CCC(C(=O)NC3CC(C)C3)CC2)cc1. The molecule has 3 rings (SSSR count). The smallest absolute Gasteiger partial charge is 0.315 e. The number of carbonyl (C=O) groups excluding carboxylic acids is 2. The number of benzene rings is 1. The van der Waals surface area contributed by atoms with E-state index in [0.29, 0.717) is 12.6 Å². The normalized spacial score (nSPS) is 27.2. The van der Waals surface area contributed by atoms with E-state index in [-0.39, 0.29) is 23.9 Å². The van der Waals surface area contributed by atoms with Gasteiger partial charge in [0.25, 0.3) is 0 Å². The lowest BCUT2D eigenvalue weighted by Crippen LogP contribution is -2.48. The van der Waals surface area contributed by atoms with Crippen LogP contribution in [-0.2, 0) is 11.3 Å². The van der Waals surface area contributed by atoms with Gasteiger partial charge in [-0.1, -0.05) is 19.1 Å². The van der Waals surface area contributed by atoms with Crippen molar-refractivity contribution in [1.29, 1.82) is 0 Å². The second-order valence-electron chi connectivity index (χ2n) is 8.01. The van der Waals surface area contributed by atoms with Gasteiger partial charge in [0.2, 0.25) is 5.91 Å². The summed E-state index contributed by atoms with van der Waals surface area (Å²) in [6.07, 6.45) is 5.62. The zero-order valence-electron chi connectivity index (χ0n) is 16.3. The Balaban J connectivity index is 1.33. The molecule has 27 heavy (non-hydrogen) atoms. The van der Waals surface area contributed by atoms with Crippen LogP contribution < -0.4 is 20.7 Å². The fourth-order valence-corrected chi connectivity index (χ4v) is 4.00. The Hall–Kier alpha value is -2.24. The molecule has 2 aliphatic carbocycles. The Morgan fingerprint density at radius 1 is 1.00 bits per heavy atom. The van der Waals surface area contributed by atoms with Crippen molar-refractivity contribution in [3.05, 3.63) is 29.8 Å². The van der Waals surface area contributed by atoms with Crippen molar-refractivity contribution >= 4 is 11.9 Å². The van der Waals surface area contributed by atoms with E-state index in [1.165, 1.54) is 0 Å². The molecule has 0 aliphatic heterocycles. The fraction of sp³-hybridized carbons (Fsp3) is 0.619. The second-order valence-corrected chi connectivity index (χ2v) is 8.01. The van der Waals surface area contributed by atoms with Gasteiger partial charge in [0.15, 0.2) is 0 Å². The molecule has 3 amide bonds. The highest BCUT2D eigenvalue weighted by atomic mass is 16.5. The Labute approximate surface area is 161 Å². The first-order valence-corrected chi connectivity index (χ1v) is 10.0. The van der Waals surface area contributed by atoms with E-state index in [1.807, 2.05) is 24.3 Å². The quantitative estimate of drug-likeness (QED) is 0.717. The molecule has 0 bridgehead atoms. The molecule has 0 spiro atoms. The van der Waals surface area contributed by atoms with Gasteiger partial charge in [0, 0.05) is 24.5 Å². The number of urea groups is 1. The topological polar surface area (TPSA) is 79.5 Å². The molecule has 0 saturated heterocycles. The lowest BCUT2D eigenvalue weighted by Gasteiger charge is -2.35. The number of carbonyl (C=O) groups is 2. The number of hydrogen-bond donors (Lipinski definition) is 3. The summed E-state index contributed by atoms with van der Waals surface area (Å²) in [6, 6.07) is 8.01. The zero-order chi connectivity index (χ0) is 19.2. The van der Waals surface area contributed by atoms with Gasteiger partial charge in [-0.25, -0.2) is 4.79 Å². The van der Waals surface area contributed by atoms with Gasteiger partial charge in [-0.05, 0) is 62.1 Å². The molecule has 148 valence electrons. The first kappa shape index (κ1) is 19.5. The lowest BCUT2D eigenvalue weighted by atomic mass is 9.80. The Kier molecular flexibility index (Phi) is 6.58. The van der Waals surface area contributed by atoms with E-state index < -0.39 is 0 Å². The molecule has 0 radical (unpaired) electrons. The molecule has 2 saturated carbocycles. The van der Waals surface area contributed by atoms with Crippen LogP contribution in [0.4, 0.5) is 4.79 Å². The van der Waals surface area contributed by atoms with E-state index in [1.54, 1.807) is 7.11 Å². The van der Waals surface area contributed by atoms with Crippen molar-refractivity contribution in [2.45, 2.75) is 64.1 Å². The highest BCUT2D eigenvalue weighted by Crippen LogP contribution is 2.29. The molecule has 1 aromatic carbocycles. The number of amides is 3. The molecule has 0 aromatic heterocycles. The number of nitrogens with one attached hydrogen (secondary N) is 3. The third-order valence-corrected chi connectivity index (χ3v) is 5.77. The van der Waals surface area contributed by atoms with Gasteiger partial charge in [-0.15, -0.1) is 0 Å². The monoisotopic (exact) mass is 373 g/mol. The second kappa shape index (κ2) is 9.11. The Bertz CT molecular complexity index is 633. The Morgan fingerprint density at radius 3 is 2.26 bits per heavy atom. The minimum Gasteiger partial charge on any atom is -0.497 e. The van der Waals surface area contributed by atoms with Crippen LogP contribution in [0.5, 0.6) is 5.75 Å². The van der Waals surface area contributed by atoms with E-state index in [4.69, 9.17) is 4.74 Å². The maximum atomic E-state index is 12.3. The van der Waals surface area contributed by atoms with Gasteiger partial charge in [0.05, 0.1) is 7.11 Å². The maximum absolute atomic E-state index is 12.3. The first-order valence-electron chi connectivity index (χ1n) is 10.0. The molecule has 1 aromatic rings. The predicted molar refractivity (Wildman–Crippen MR) is 104 cm³/mol. The first-order chi connectivity index (χ1) is 13.0. The molecule has 0 heterocycles. The van der Waals surface area contributed by atoms with Crippen LogP contribution in [0.2, 0.25) is 0 Å². The standard InChI is InChI=1S/C21H31N3O3/c1-14-11-18(12-14)23-20(25)16-5-7-17(8-6-16)24-21(26)22-13-15-3-9-19(27-2)10-4-15/h3-4,9-10,14,16-18H,5-8,11-13H2,1-2H3,(H,23,25)(H2,22,24,26). The lowest BCUT2D eigenvalue weighted by molar-refractivity contribution is -0.127. The molecule has 6 heteroatoms. The summed E-state index contributed by atoms with van der Waals surface area (Å²) in [6.45, 7) is 2.70. The van der Waals surface area contributed by atoms with Crippen LogP contribution in [-0.4, -0.2) is 31.1 Å². The molecule has 2 fully saturated rings. The molecule has 2 aliphatic rings. The Morgan fingerprint density at radius 2 is 1.67 bits per heavy atom. The third-order valence-electron chi connectivity index (χ3n) is 5.77. The van der Waals surface area contributed by atoms with E-state index >= 15 is 0 Å². The van der Waals surface area contributed by atoms with Crippen LogP contribution in [0.3, 0.4) is 0 Å². The van der Waals surface area contributed by atoms with Crippen molar-refractivity contribution in [2.75, 3.05) is 7.11 Å². The minimum atomic E-state index is -0.151. The summed E-state index contributed by atoms with van der Waals surface area (Å²) >= 11 is 0. The molecular weight excluding hydrogens is 342 g/mol. The molecule has 6 nitrogen and oxygen atoms in total. The average molecular weight is 373 g/mol. The van der Waals surface area contributed by atoms with Gasteiger partial charge in [-0.2, -0.15) is 0 Å². The number of rotatable bonds is 6. The van der Waals surface area contributed by atoms with Crippen molar-refractivity contribution in [1.82, 2.24) is 16.0 Å². The van der Waals surface area contributed by atoms with Crippen molar-refractivity contribution in [2.24, 2.45) is 11.8 Å². The van der Waals surface area contributed by atoms with Gasteiger partial charge < -0.3 is 20.7 Å². The largest absolute Gasteiger partial charge is 0.497 e. The molecule has 0 atom stereocenters. The summed E-state index contributed by atoms with van der Waals surface area (Å²) in [5.74, 6) is 1.85. The highest BCUT2D eigenvalue weighted by Gasteiger charge is 2.31. The maximum Gasteiger partial charge on any atom is 0.315 e. The van der Waals surface area contributed by atoms with Crippen molar-refractivity contribution in [3.8, 4) is 5.75 Å². The van der Waals surface area contributed by atoms with E-state index in [0.717, 1.165) is 55.8 Å². The predicted octanol–water partition coefficient (Wildman–Crippen LogP) is 2.97. The highest BCUT2D eigenvalue weighted by molar-refractivity contribution is 5.79. The zero-order valence-corrected chi connectivity index (χ0v) is 16.3. The van der Waals surface area contributed by atoms with Crippen LogP contribution in [0.15, 0.2) is 24.3 Å². The molecular formula is C21H31N3O3. The summed E-state index contributed by atoms with van der Waals surface area (Å²) in [5.41, 5.74) is 1.02. The van der Waals surface area contributed by atoms with Gasteiger partial charge in [-0.3, -0.25) is 4.79 Å². The number of ether oxygens (including phenoxy) is 1. The fourth-order valence-electron chi connectivity index (χ4n) is 4.00. The summed E-state index contributed by atoms with van der Waals surface area (Å²) < 4.78 is 5.13. The van der Waals surface area contributed by atoms with Crippen LogP contribution in [0.25, 0.3) is 0 Å². The summed E-state index contributed by atoms with van der Waals surface area (Å²) in [5, 5.41) is 9.10. The van der Waals surface area contributed by atoms with Crippen molar-refractivity contribution < 1.29 is 14.3 Å². The van der Waals surface area contributed by atoms with Gasteiger partial charge >= 0.3 is 6.03 Å². The van der Waals surface area contributed by atoms with Crippen LogP contribution in [0.1, 0.15) is 51.0 Å². The van der Waals surface area contributed by atoms with Crippen LogP contribution in [0, 0.1) is 11.8 Å². The van der Waals surface area contributed by atoms with Gasteiger partial charge in [0.1, 0.15) is 5.75 Å². The summed E-state index contributed by atoms with van der Waals surface area (Å²) in [7, 11) is 1.63.